The Labute approximate surface area is 160 Å². The van der Waals surface area contributed by atoms with Crippen LogP contribution in [-0.2, 0) is 4.79 Å². The molecule has 2 aromatic rings. The Hall–Kier alpha value is -2.69. The molecule has 1 heterocycles. The van der Waals surface area contributed by atoms with Gasteiger partial charge in [-0.2, -0.15) is 0 Å². The SMILES string of the molecule is COc1ccc2c(c1)OC(C)(C)C[C@@H]2NC(=O)[C@@H](C)Oc1ccccc1C. The highest BCUT2D eigenvalue weighted by atomic mass is 16.5. The van der Waals surface area contributed by atoms with Gasteiger partial charge in [-0.25, -0.2) is 0 Å². The topological polar surface area (TPSA) is 56.8 Å². The molecule has 0 saturated carbocycles. The van der Waals surface area contributed by atoms with Crippen molar-refractivity contribution in [2.24, 2.45) is 0 Å². The monoisotopic (exact) mass is 369 g/mol. The van der Waals surface area contributed by atoms with E-state index in [-0.39, 0.29) is 11.9 Å². The van der Waals surface area contributed by atoms with E-state index in [2.05, 4.69) is 5.32 Å². The van der Waals surface area contributed by atoms with Gasteiger partial charge in [0.2, 0.25) is 0 Å². The number of carbonyl (C=O) groups excluding carboxylic acids is 1. The number of rotatable bonds is 5. The average molecular weight is 369 g/mol. The second-order valence-corrected chi connectivity index (χ2v) is 7.56. The maximum absolute atomic E-state index is 12.8. The fourth-order valence-electron chi connectivity index (χ4n) is 3.31. The van der Waals surface area contributed by atoms with Gasteiger partial charge in [-0.15, -0.1) is 0 Å². The Morgan fingerprint density at radius 1 is 1.26 bits per heavy atom. The second-order valence-electron chi connectivity index (χ2n) is 7.56. The fraction of sp³-hybridized carbons (Fsp3) is 0.409. The molecule has 3 rings (SSSR count). The van der Waals surface area contributed by atoms with Gasteiger partial charge < -0.3 is 19.5 Å². The number of amides is 1. The molecule has 0 spiro atoms. The zero-order chi connectivity index (χ0) is 19.6. The van der Waals surface area contributed by atoms with Gasteiger partial charge in [-0.1, -0.05) is 18.2 Å². The molecular weight excluding hydrogens is 342 g/mol. The van der Waals surface area contributed by atoms with E-state index in [4.69, 9.17) is 14.2 Å². The lowest BCUT2D eigenvalue weighted by Crippen LogP contribution is -2.44. The van der Waals surface area contributed by atoms with Crippen molar-refractivity contribution in [3.63, 3.8) is 0 Å². The first-order valence-electron chi connectivity index (χ1n) is 9.19. The third kappa shape index (κ3) is 4.35. The van der Waals surface area contributed by atoms with E-state index in [0.29, 0.717) is 6.42 Å². The van der Waals surface area contributed by atoms with Crippen LogP contribution in [0.2, 0.25) is 0 Å². The smallest absolute Gasteiger partial charge is 0.261 e. The lowest BCUT2D eigenvalue weighted by molar-refractivity contribution is -0.128. The maximum atomic E-state index is 12.8. The van der Waals surface area contributed by atoms with Crippen LogP contribution in [0.5, 0.6) is 17.2 Å². The minimum atomic E-state index is -0.598. The van der Waals surface area contributed by atoms with E-state index in [1.807, 2.05) is 63.2 Å². The highest BCUT2D eigenvalue weighted by molar-refractivity contribution is 5.81. The first kappa shape index (κ1) is 19.1. The molecule has 0 radical (unpaired) electrons. The largest absolute Gasteiger partial charge is 0.497 e. The van der Waals surface area contributed by atoms with E-state index in [1.54, 1.807) is 14.0 Å². The first-order valence-corrected chi connectivity index (χ1v) is 9.19. The van der Waals surface area contributed by atoms with E-state index in [0.717, 1.165) is 28.4 Å². The van der Waals surface area contributed by atoms with Gasteiger partial charge in [0, 0.05) is 18.1 Å². The van der Waals surface area contributed by atoms with Crippen molar-refractivity contribution >= 4 is 5.91 Å². The fourth-order valence-corrected chi connectivity index (χ4v) is 3.31. The van der Waals surface area contributed by atoms with Crippen LogP contribution in [-0.4, -0.2) is 24.7 Å². The summed E-state index contributed by atoms with van der Waals surface area (Å²) in [5.74, 6) is 2.04. The summed E-state index contributed by atoms with van der Waals surface area (Å²) in [4.78, 5) is 12.8. The molecule has 2 atom stereocenters. The molecule has 27 heavy (non-hydrogen) atoms. The second kappa shape index (κ2) is 7.51. The third-order valence-corrected chi connectivity index (χ3v) is 4.76. The number of fused-ring (bicyclic) bond motifs is 1. The summed E-state index contributed by atoms with van der Waals surface area (Å²) >= 11 is 0. The zero-order valence-corrected chi connectivity index (χ0v) is 16.5. The van der Waals surface area contributed by atoms with Crippen LogP contribution in [0.25, 0.3) is 0 Å². The van der Waals surface area contributed by atoms with Gasteiger partial charge in [-0.3, -0.25) is 4.79 Å². The molecule has 0 aromatic heterocycles. The van der Waals surface area contributed by atoms with Crippen molar-refractivity contribution < 1.29 is 19.0 Å². The highest BCUT2D eigenvalue weighted by Gasteiger charge is 2.35. The lowest BCUT2D eigenvalue weighted by Gasteiger charge is -2.38. The average Bonchev–Trinajstić information content (AvgIpc) is 2.62. The summed E-state index contributed by atoms with van der Waals surface area (Å²) in [6, 6.07) is 13.2. The molecule has 5 heteroatoms. The molecule has 0 saturated heterocycles. The van der Waals surface area contributed by atoms with Crippen LogP contribution in [0, 0.1) is 6.92 Å². The van der Waals surface area contributed by atoms with Crippen LogP contribution in [0.3, 0.4) is 0 Å². The molecule has 0 fully saturated rings. The highest BCUT2D eigenvalue weighted by Crippen LogP contribution is 2.41. The van der Waals surface area contributed by atoms with Crippen molar-refractivity contribution in [1.29, 1.82) is 0 Å². The quantitative estimate of drug-likeness (QED) is 0.859. The summed E-state index contributed by atoms with van der Waals surface area (Å²) in [7, 11) is 1.62. The Bertz CT molecular complexity index is 831. The molecule has 0 aliphatic carbocycles. The summed E-state index contributed by atoms with van der Waals surface area (Å²) in [6.45, 7) is 7.76. The Kier molecular flexibility index (Phi) is 5.31. The van der Waals surface area contributed by atoms with Crippen LogP contribution in [0.4, 0.5) is 0 Å². The van der Waals surface area contributed by atoms with Crippen LogP contribution >= 0.6 is 0 Å². The van der Waals surface area contributed by atoms with Crippen molar-refractivity contribution in [2.75, 3.05) is 7.11 Å². The predicted molar refractivity (Wildman–Crippen MR) is 104 cm³/mol. The van der Waals surface area contributed by atoms with E-state index in [9.17, 15) is 4.79 Å². The number of methoxy groups -OCH3 is 1. The lowest BCUT2D eigenvalue weighted by atomic mass is 9.89. The summed E-state index contributed by atoms with van der Waals surface area (Å²) in [5.41, 5.74) is 1.56. The van der Waals surface area contributed by atoms with Crippen LogP contribution < -0.4 is 19.5 Å². The van der Waals surface area contributed by atoms with Gasteiger partial charge in [0.15, 0.2) is 6.10 Å². The van der Waals surface area contributed by atoms with Crippen molar-refractivity contribution in [1.82, 2.24) is 5.32 Å². The molecule has 5 nitrogen and oxygen atoms in total. The zero-order valence-electron chi connectivity index (χ0n) is 16.5. The maximum Gasteiger partial charge on any atom is 0.261 e. The molecule has 1 N–H and O–H groups in total. The number of para-hydroxylation sites is 1. The molecule has 1 aliphatic heterocycles. The summed E-state index contributed by atoms with van der Waals surface area (Å²) in [5, 5.41) is 3.12. The molecule has 0 bridgehead atoms. The van der Waals surface area contributed by atoms with E-state index in [1.165, 1.54) is 0 Å². The standard InChI is InChI=1S/C22H27NO4/c1-14-8-6-7-9-19(14)26-15(2)21(24)23-18-13-22(3,4)27-20-12-16(25-5)10-11-17(18)20/h6-12,15,18H,13H2,1-5H3,(H,23,24)/t15-,18+/m1/s1. The molecule has 2 aromatic carbocycles. The van der Waals surface area contributed by atoms with Gasteiger partial charge in [0.1, 0.15) is 22.8 Å². The molecule has 0 unspecified atom stereocenters. The van der Waals surface area contributed by atoms with Gasteiger partial charge in [-0.05, 0) is 51.5 Å². The minimum Gasteiger partial charge on any atom is -0.497 e. The number of aryl methyl sites for hydroxylation is 1. The Balaban J connectivity index is 1.76. The number of benzene rings is 2. The first-order chi connectivity index (χ1) is 12.8. The van der Waals surface area contributed by atoms with Crippen molar-refractivity contribution in [3.05, 3.63) is 53.6 Å². The van der Waals surface area contributed by atoms with E-state index < -0.39 is 11.7 Å². The summed E-state index contributed by atoms with van der Waals surface area (Å²) < 4.78 is 17.2. The predicted octanol–water partition coefficient (Wildman–Crippen LogP) is 4.19. The Morgan fingerprint density at radius 3 is 2.70 bits per heavy atom. The number of hydrogen-bond donors (Lipinski definition) is 1. The van der Waals surface area contributed by atoms with E-state index >= 15 is 0 Å². The van der Waals surface area contributed by atoms with Gasteiger partial charge in [0.05, 0.1) is 13.2 Å². The molecule has 1 amide bonds. The van der Waals surface area contributed by atoms with Crippen molar-refractivity contribution in [2.45, 2.75) is 51.9 Å². The van der Waals surface area contributed by atoms with Crippen molar-refractivity contribution in [3.8, 4) is 17.2 Å². The number of hydrogen-bond acceptors (Lipinski definition) is 4. The molecular formula is C22H27NO4. The minimum absolute atomic E-state index is 0.148. The van der Waals surface area contributed by atoms with Gasteiger partial charge >= 0.3 is 0 Å². The number of carbonyl (C=O) groups is 1. The van der Waals surface area contributed by atoms with Gasteiger partial charge in [0.25, 0.3) is 5.91 Å². The molecule has 1 aliphatic rings. The number of nitrogens with one attached hydrogen (secondary N) is 1. The normalized spacial score (nSPS) is 18.6. The third-order valence-electron chi connectivity index (χ3n) is 4.76. The van der Waals surface area contributed by atoms with Crippen LogP contribution in [0.1, 0.15) is 44.4 Å². The number of ether oxygens (including phenoxy) is 3. The molecule has 144 valence electrons. The van der Waals surface area contributed by atoms with Crippen LogP contribution in [0.15, 0.2) is 42.5 Å². The summed E-state index contributed by atoms with van der Waals surface area (Å²) in [6.07, 6.45) is 0.0774. The Morgan fingerprint density at radius 2 is 2.00 bits per heavy atom.